The van der Waals surface area contributed by atoms with E-state index in [1.807, 2.05) is 18.2 Å². The maximum Gasteiger partial charge on any atom is 0.408 e. The molecule has 12 heteroatoms. The molecule has 2 rings (SSSR count). The average Bonchev–Trinajstić information content (AvgIpc) is 2.88. The molecule has 9 nitrogen and oxygen atoms in total. The Labute approximate surface area is 223 Å². The monoisotopic (exact) mass is 556 g/mol. The lowest BCUT2D eigenvalue weighted by Crippen LogP contribution is -2.44. The van der Waals surface area contributed by atoms with Crippen molar-refractivity contribution >= 4 is 58.9 Å². The van der Waals surface area contributed by atoms with E-state index in [0.29, 0.717) is 5.75 Å². The molecule has 0 heterocycles. The lowest BCUT2D eigenvalue weighted by molar-refractivity contribution is -0.143. The molecule has 2 atom stereocenters. The second-order valence-electron chi connectivity index (χ2n) is 7.29. The van der Waals surface area contributed by atoms with Gasteiger partial charge < -0.3 is 24.8 Å². The third kappa shape index (κ3) is 9.25. The van der Waals surface area contributed by atoms with Crippen LogP contribution in [0.4, 0.5) is 4.79 Å². The molecule has 194 valence electrons. The standard InChI is InChI=1S/C24H26Cl2N2O7S/c1-33-22(30)18(27-21(29)20-16(25)9-6-10-17(20)26)11-12-36-14-19(23(31)34-2)28-24(32)35-13-15-7-4-3-5-8-15/h3-10,18-19H,11-14H2,1-2H3,(H,27,29)(H,28,32)/t18-,19+/m0/s1. The molecule has 0 bridgehead atoms. The Balaban J connectivity index is 1.89. The molecule has 0 aliphatic heterocycles. The summed E-state index contributed by atoms with van der Waals surface area (Å²) in [6, 6.07) is 11.7. The zero-order valence-corrected chi connectivity index (χ0v) is 22.0. The van der Waals surface area contributed by atoms with E-state index in [-0.39, 0.29) is 34.4 Å². The Morgan fingerprint density at radius 2 is 1.47 bits per heavy atom. The van der Waals surface area contributed by atoms with Crippen molar-refractivity contribution in [3.05, 3.63) is 69.7 Å². The number of nitrogens with one attached hydrogen (secondary N) is 2. The SMILES string of the molecule is COC(=O)[C@H](CCSC[C@@H](NC(=O)OCc1ccccc1)C(=O)OC)NC(=O)c1c(Cl)cccc1Cl. The first-order valence-electron chi connectivity index (χ1n) is 10.7. The van der Waals surface area contributed by atoms with Crippen LogP contribution >= 0.6 is 35.0 Å². The largest absolute Gasteiger partial charge is 0.467 e. The molecular formula is C24H26Cl2N2O7S. The van der Waals surface area contributed by atoms with E-state index in [1.54, 1.807) is 18.2 Å². The van der Waals surface area contributed by atoms with Gasteiger partial charge in [0.1, 0.15) is 18.7 Å². The number of methoxy groups -OCH3 is 2. The summed E-state index contributed by atoms with van der Waals surface area (Å²) in [4.78, 5) is 49.1. The number of hydrogen-bond donors (Lipinski definition) is 2. The third-order valence-electron chi connectivity index (χ3n) is 4.81. The topological polar surface area (TPSA) is 120 Å². The van der Waals surface area contributed by atoms with Crippen LogP contribution in [0.5, 0.6) is 0 Å². The van der Waals surface area contributed by atoms with Gasteiger partial charge in [-0.2, -0.15) is 11.8 Å². The number of carbonyl (C=O) groups excluding carboxylic acids is 4. The molecule has 36 heavy (non-hydrogen) atoms. The molecule has 2 aromatic rings. The maximum absolute atomic E-state index is 12.7. The van der Waals surface area contributed by atoms with Gasteiger partial charge in [-0.3, -0.25) is 4.79 Å². The first-order chi connectivity index (χ1) is 17.3. The van der Waals surface area contributed by atoms with Crippen LogP contribution in [0, 0.1) is 0 Å². The minimum absolute atomic E-state index is 0.0453. The van der Waals surface area contributed by atoms with Crippen LogP contribution in [0.2, 0.25) is 10.0 Å². The van der Waals surface area contributed by atoms with E-state index in [4.69, 9.17) is 37.4 Å². The summed E-state index contributed by atoms with van der Waals surface area (Å²) in [5, 5.41) is 5.34. The first kappa shape index (κ1) is 29.3. The van der Waals surface area contributed by atoms with Crippen LogP contribution in [-0.4, -0.2) is 61.7 Å². The molecule has 0 spiro atoms. The number of hydrogen-bond acceptors (Lipinski definition) is 8. The van der Waals surface area contributed by atoms with Crippen molar-refractivity contribution in [2.45, 2.75) is 25.1 Å². The van der Waals surface area contributed by atoms with Gasteiger partial charge in [0.2, 0.25) is 0 Å². The number of alkyl carbamates (subject to hydrolysis) is 1. The highest BCUT2D eigenvalue weighted by Crippen LogP contribution is 2.24. The molecule has 2 amide bonds. The van der Waals surface area contributed by atoms with Crippen LogP contribution < -0.4 is 10.6 Å². The Morgan fingerprint density at radius 3 is 2.08 bits per heavy atom. The molecule has 0 radical (unpaired) electrons. The fourth-order valence-corrected chi connectivity index (χ4v) is 4.55. The second-order valence-corrected chi connectivity index (χ2v) is 9.26. The summed E-state index contributed by atoms with van der Waals surface area (Å²) < 4.78 is 14.7. The molecule has 2 N–H and O–H groups in total. The number of benzene rings is 2. The molecule has 0 saturated heterocycles. The normalized spacial score (nSPS) is 12.1. The van der Waals surface area contributed by atoms with Gasteiger partial charge in [0, 0.05) is 5.75 Å². The minimum Gasteiger partial charge on any atom is -0.467 e. The molecule has 0 aliphatic carbocycles. The smallest absolute Gasteiger partial charge is 0.408 e. The van der Waals surface area contributed by atoms with Crippen molar-refractivity contribution in [2.75, 3.05) is 25.7 Å². The van der Waals surface area contributed by atoms with Gasteiger partial charge in [-0.05, 0) is 29.9 Å². The van der Waals surface area contributed by atoms with Crippen molar-refractivity contribution in [3.63, 3.8) is 0 Å². The zero-order valence-electron chi connectivity index (χ0n) is 19.6. The number of carbonyl (C=O) groups is 4. The molecule has 2 aromatic carbocycles. The van der Waals surface area contributed by atoms with E-state index >= 15 is 0 Å². The minimum atomic E-state index is -0.984. The van der Waals surface area contributed by atoms with Crippen molar-refractivity contribution in [3.8, 4) is 0 Å². The van der Waals surface area contributed by atoms with Crippen LogP contribution in [0.25, 0.3) is 0 Å². The van der Waals surface area contributed by atoms with Gasteiger partial charge in [-0.1, -0.05) is 59.6 Å². The fraction of sp³-hybridized carbons (Fsp3) is 0.333. The number of thioether (sulfide) groups is 1. The predicted octanol–water partition coefficient (Wildman–Crippen LogP) is 3.86. The van der Waals surface area contributed by atoms with Gasteiger partial charge in [0.05, 0.1) is 29.8 Å². The average molecular weight is 557 g/mol. The zero-order chi connectivity index (χ0) is 26.5. The fourth-order valence-electron chi connectivity index (χ4n) is 2.96. The van der Waals surface area contributed by atoms with E-state index < -0.39 is 36.0 Å². The van der Waals surface area contributed by atoms with Crippen LogP contribution in [0.3, 0.4) is 0 Å². The van der Waals surface area contributed by atoms with Gasteiger partial charge in [0.15, 0.2) is 0 Å². The van der Waals surface area contributed by atoms with E-state index in [1.165, 1.54) is 38.1 Å². The Bertz CT molecular complexity index is 1040. The highest BCUT2D eigenvalue weighted by molar-refractivity contribution is 7.99. The summed E-state index contributed by atoms with van der Waals surface area (Å²) in [6.45, 7) is 0.0453. The number of rotatable bonds is 12. The van der Waals surface area contributed by atoms with Gasteiger partial charge in [-0.25, -0.2) is 14.4 Å². The highest BCUT2D eigenvalue weighted by atomic mass is 35.5. The maximum atomic E-state index is 12.7. The summed E-state index contributed by atoms with van der Waals surface area (Å²) in [5.74, 6) is -1.44. The molecule has 0 aliphatic rings. The van der Waals surface area contributed by atoms with Crippen molar-refractivity contribution in [2.24, 2.45) is 0 Å². The number of amides is 2. The Kier molecular flexibility index (Phi) is 12.4. The van der Waals surface area contributed by atoms with E-state index in [2.05, 4.69) is 10.6 Å². The molecular weight excluding hydrogens is 531 g/mol. The predicted molar refractivity (Wildman–Crippen MR) is 137 cm³/mol. The third-order valence-corrected chi connectivity index (χ3v) is 6.53. The molecule has 0 fully saturated rings. The molecule has 0 aromatic heterocycles. The Hall–Kier alpha value is -2.95. The first-order valence-corrected chi connectivity index (χ1v) is 12.6. The van der Waals surface area contributed by atoms with E-state index in [9.17, 15) is 19.2 Å². The van der Waals surface area contributed by atoms with Gasteiger partial charge >= 0.3 is 18.0 Å². The lowest BCUT2D eigenvalue weighted by atomic mass is 10.1. The number of esters is 2. The summed E-state index contributed by atoms with van der Waals surface area (Å²) >= 11 is 13.4. The lowest BCUT2D eigenvalue weighted by Gasteiger charge is -2.19. The Morgan fingerprint density at radius 1 is 0.861 bits per heavy atom. The summed E-state index contributed by atoms with van der Waals surface area (Å²) in [6.07, 6.45) is -0.594. The van der Waals surface area contributed by atoms with Crippen LogP contribution in [-0.2, 0) is 30.4 Å². The van der Waals surface area contributed by atoms with Crippen LogP contribution in [0.1, 0.15) is 22.3 Å². The molecule has 0 unspecified atom stereocenters. The molecule has 0 saturated carbocycles. The van der Waals surface area contributed by atoms with Gasteiger partial charge in [0.25, 0.3) is 5.91 Å². The quantitative estimate of drug-likeness (QED) is 0.230. The second kappa shape index (κ2) is 15.2. The van der Waals surface area contributed by atoms with E-state index in [0.717, 1.165) is 5.56 Å². The summed E-state index contributed by atoms with van der Waals surface area (Å²) in [7, 11) is 2.41. The van der Waals surface area contributed by atoms with Crippen LogP contribution in [0.15, 0.2) is 48.5 Å². The van der Waals surface area contributed by atoms with Crippen molar-refractivity contribution < 1.29 is 33.4 Å². The van der Waals surface area contributed by atoms with Crippen molar-refractivity contribution in [1.82, 2.24) is 10.6 Å². The number of halogens is 2. The summed E-state index contributed by atoms with van der Waals surface area (Å²) in [5.41, 5.74) is 0.844. The number of ether oxygens (including phenoxy) is 3. The van der Waals surface area contributed by atoms with Gasteiger partial charge in [-0.15, -0.1) is 0 Å². The van der Waals surface area contributed by atoms with Crippen molar-refractivity contribution in [1.29, 1.82) is 0 Å². The highest BCUT2D eigenvalue weighted by Gasteiger charge is 2.26.